The van der Waals surface area contributed by atoms with E-state index in [2.05, 4.69) is 34.6 Å². The van der Waals surface area contributed by atoms with Crippen molar-refractivity contribution in [2.24, 2.45) is 0 Å². The standard InChI is InChI=1S/C15H13ClN2S/c16-15-4-3-14(19-15)10-18-8-11-1-2-13-9-17-6-5-12(13)7-11/h1-7,9,18H,8,10H2. The first-order valence-corrected chi connectivity index (χ1v) is 7.28. The first kappa shape index (κ1) is 12.6. The molecule has 0 aliphatic heterocycles. The second-order valence-electron chi connectivity index (χ2n) is 4.37. The van der Waals surface area contributed by atoms with Crippen molar-refractivity contribution < 1.29 is 0 Å². The van der Waals surface area contributed by atoms with Gasteiger partial charge in [0.05, 0.1) is 4.34 Å². The zero-order valence-corrected chi connectivity index (χ0v) is 11.8. The van der Waals surface area contributed by atoms with Crippen LogP contribution in [0.5, 0.6) is 0 Å². The van der Waals surface area contributed by atoms with Crippen LogP contribution in [0.15, 0.2) is 48.8 Å². The number of hydrogen-bond acceptors (Lipinski definition) is 3. The zero-order valence-electron chi connectivity index (χ0n) is 10.3. The van der Waals surface area contributed by atoms with Crippen molar-refractivity contribution in [1.29, 1.82) is 0 Å². The van der Waals surface area contributed by atoms with E-state index in [1.165, 1.54) is 21.2 Å². The number of nitrogens with one attached hydrogen (secondary N) is 1. The van der Waals surface area contributed by atoms with E-state index in [-0.39, 0.29) is 0 Å². The SMILES string of the molecule is Clc1ccc(CNCc2ccc3cnccc3c2)s1. The second-order valence-corrected chi connectivity index (χ2v) is 6.17. The van der Waals surface area contributed by atoms with Gasteiger partial charge in [-0.25, -0.2) is 0 Å². The van der Waals surface area contributed by atoms with E-state index in [1.54, 1.807) is 11.3 Å². The molecule has 2 nitrogen and oxygen atoms in total. The van der Waals surface area contributed by atoms with Gasteiger partial charge in [0, 0.05) is 35.7 Å². The predicted octanol–water partition coefficient (Wildman–Crippen LogP) is 4.24. The molecular weight excluding hydrogens is 276 g/mol. The number of pyridine rings is 1. The fourth-order valence-corrected chi connectivity index (χ4v) is 3.08. The van der Waals surface area contributed by atoms with Crippen molar-refractivity contribution >= 4 is 33.7 Å². The minimum Gasteiger partial charge on any atom is -0.308 e. The summed E-state index contributed by atoms with van der Waals surface area (Å²) in [4.78, 5) is 5.38. The number of rotatable bonds is 4. The summed E-state index contributed by atoms with van der Waals surface area (Å²) in [7, 11) is 0. The molecule has 3 rings (SSSR count). The fraction of sp³-hybridized carbons (Fsp3) is 0.133. The van der Waals surface area contributed by atoms with Crippen molar-refractivity contribution in [1.82, 2.24) is 10.3 Å². The third kappa shape index (κ3) is 3.13. The minimum absolute atomic E-state index is 0.843. The predicted molar refractivity (Wildman–Crippen MR) is 81.6 cm³/mol. The van der Waals surface area contributed by atoms with Gasteiger partial charge in [-0.2, -0.15) is 0 Å². The molecule has 96 valence electrons. The Labute approximate surface area is 121 Å². The molecule has 0 unspecified atom stereocenters. The van der Waals surface area contributed by atoms with E-state index in [0.29, 0.717) is 0 Å². The summed E-state index contributed by atoms with van der Waals surface area (Å²) in [5.41, 5.74) is 1.28. The van der Waals surface area contributed by atoms with E-state index in [0.717, 1.165) is 17.4 Å². The Bertz CT molecular complexity index is 693. The fourth-order valence-electron chi connectivity index (χ4n) is 2.02. The zero-order chi connectivity index (χ0) is 13.1. The molecule has 3 aromatic rings. The third-order valence-corrected chi connectivity index (χ3v) is 4.19. The van der Waals surface area contributed by atoms with Gasteiger partial charge in [0.15, 0.2) is 0 Å². The summed E-state index contributed by atoms with van der Waals surface area (Å²) in [5, 5.41) is 5.84. The molecule has 2 heterocycles. The van der Waals surface area contributed by atoms with Crippen LogP contribution in [0.1, 0.15) is 10.4 Å². The maximum absolute atomic E-state index is 5.91. The minimum atomic E-state index is 0.843. The van der Waals surface area contributed by atoms with Crippen LogP contribution in [0.25, 0.3) is 10.8 Å². The average Bonchev–Trinajstić information content (AvgIpc) is 2.84. The molecule has 0 aliphatic rings. The summed E-state index contributed by atoms with van der Waals surface area (Å²) < 4.78 is 0.843. The molecule has 0 spiro atoms. The van der Waals surface area contributed by atoms with Gasteiger partial charge in [0.25, 0.3) is 0 Å². The highest BCUT2D eigenvalue weighted by Crippen LogP contribution is 2.21. The van der Waals surface area contributed by atoms with Crippen molar-refractivity contribution in [2.75, 3.05) is 0 Å². The Morgan fingerprint density at radius 1 is 1.05 bits per heavy atom. The van der Waals surface area contributed by atoms with Crippen LogP contribution >= 0.6 is 22.9 Å². The van der Waals surface area contributed by atoms with Crippen molar-refractivity contribution in [3.8, 4) is 0 Å². The highest BCUT2D eigenvalue weighted by Gasteiger charge is 1.99. The van der Waals surface area contributed by atoms with Crippen LogP contribution in [0.3, 0.4) is 0 Å². The highest BCUT2D eigenvalue weighted by atomic mass is 35.5. The molecule has 0 bridgehead atoms. The van der Waals surface area contributed by atoms with Crippen LogP contribution < -0.4 is 5.32 Å². The van der Waals surface area contributed by atoms with Crippen LogP contribution in [0.2, 0.25) is 4.34 Å². The lowest BCUT2D eigenvalue weighted by atomic mass is 10.1. The van der Waals surface area contributed by atoms with Crippen molar-refractivity contribution in [3.05, 3.63) is 63.6 Å². The van der Waals surface area contributed by atoms with Crippen LogP contribution in [-0.4, -0.2) is 4.98 Å². The van der Waals surface area contributed by atoms with E-state index in [1.807, 2.05) is 24.5 Å². The Kier molecular flexibility index (Phi) is 3.78. The Hall–Kier alpha value is -1.42. The smallest absolute Gasteiger partial charge is 0.0931 e. The van der Waals surface area contributed by atoms with Crippen LogP contribution in [0.4, 0.5) is 0 Å². The topological polar surface area (TPSA) is 24.9 Å². The molecule has 0 radical (unpaired) electrons. The van der Waals surface area contributed by atoms with Gasteiger partial charge >= 0.3 is 0 Å². The van der Waals surface area contributed by atoms with E-state index in [9.17, 15) is 0 Å². The summed E-state index contributed by atoms with van der Waals surface area (Å²) >= 11 is 7.53. The lowest BCUT2D eigenvalue weighted by Crippen LogP contribution is -2.11. The quantitative estimate of drug-likeness (QED) is 0.777. The molecule has 19 heavy (non-hydrogen) atoms. The molecule has 0 atom stereocenters. The van der Waals surface area contributed by atoms with Gasteiger partial charge in [-0.1, -0.05) is 23.7 Å². The largest absolute Gasteiger partial charge is 0.308 e. The number of thiophene rings is 1. The number of aromatic nitrogens is 1. The Balaban J connectivity index is 1.65. The van der Waals surface area contributed by atoms with Gasteiger partial charge in [0.1, 0.15) is 0 Å². The number of fused-ring (bicyclic) bond motifs is 1. The maximum atomic E-state index is 5.91. The first-order chi connectivity index (χ1) is 9.31. The van der Waals surface area contributed by atoms with E-state index >= 15 is 0 Å². The molecule has 2 aromatic heterocycles. The lowest BCUT2D eigenvalue weighted by molar-refractivity contribution is 0.701. The highest BCUT2D eigenvalue weighted by molar-refractivity contribution is 7.16. The molecule has 0 saturated heterocycles. The third-order valence-electron chi connectivity index (χ3n) is 2.96. The van der Waals surface area contributed by atoms with Crippen molar-refractivity contribution in [3.63, 3.8) is 0 Å². The number of halogens is 1. The van der Waals surface area contributed by atoms with Crippen LogP contribution in [0, 0.1) is 0 Å². The molecule has 1 N–H and O–H groups in total. The Morgan fingerprint density at radius 3 is 2.84 bits per heavy atom. The molecule has 1 aromatic carbocycles. The second kappa shape index (κ2) is 5.70. The summed E-state index contributed by atoms with van der Waals surface area (Å²) in [6.45, 7) is 1.71. The molecular formula is C15H13ClN2S. The monoisotopic (exact) mass is 288 g/mol. The summed E-state index contributed by atoms with van der Waals surface area (Å²) in [6, 6.07) is 12.5. The molecule has 0 fully saturated rings. The van der Waals surface area contributed by atoms with Gasteiger partial charge in [-0.15, -0.1) is 11.3 Å². The van der Waals surface area contributed by atoms with Gasteiger partial charge in [-0.05, 0) is 35.2 Å². The number of benzene rings is 1. The van der Waals surface area contributed by atoms with E-state index < -0.39 is 0 Å². The summed E-state index contributed by atoms with van der Waals surface area (Å²) in [6.07, 6.45) is 3.72. The molecule has 0 aliphatic carbocycles. The first-order valence-electron chi connectivity index (χ1n) is 6.09. The maximum Gasteiger partial charge on any atom is 0.0931 e. The van der Waals surface area contributed by atoms with E-state index in [4.69, 9.17) is 11.6 Å². The lowest BCUT2D eigenvalue weighted by Gasteiger charge is -2.05. The molecule has 0 saturated carbocycles. The molecule has 4 heteroatoms. The Morgan fingerprint density at radius 2 is 2.00 bits per heavy atom. The van der Waals surface area contributed by atoms with Gasteiger partial charge < -0.3 is 5.32 Å². The van der Waals surface area contributed by atoms with Gasteiger partial charge in [0.2, 0.25) is 0 Å². The normalized spacial score (nSPS) is 11.0. The average molecular weight is 289 g/mol. The van der Waals surface area contributed by atoms with Crippen LogP contribution in [-0.2, 0) is 13.1 Å². The number of nitrogens with zero attached hydrogens (tertiary/aromatic N) is 1. The van der Waals surface area contributed by atoms with Gasteiger partial charge in [-0.3, -0.25) is 4.98 Å². The van der Waals surface area contributed by atoms with Crippen molar-refractivity contribution in [2.45, 2.75) is 13.1 Å². The number of hydrogen-bond donors (Lipinski definition) is 1. The molecule has 0 amide bonds. The summed E-state index contributed by atoms with van der Waals surface area (Å²) in [5.74, 6) is 0.